The van der Waals surface area contributed by atoms with Crippen LogP contribution in [0.5, 0.6) is 0 Å². The van der Waals surface area contributed by atoms with E-state index < -0.39 is 5.97 Å². The zero-order chi connectivity index (χ0) is 19.5. The molecule has 5 nitrogen and oxygen atoms in total. The number of benzene rings is 2. The van der Waals surface area contributed by atoms with E-state index in [0.29, 0.717) is 10.8 Å². The minimum Gasteiger partial charge on any atom is -0.451 e. The number of nitrogens with zero attached hydrogens (tertiary/aromatic N) is 2. The average molecular weight is 394 g/mol. The van der Waals surface area contributed by atoms with Gasteiger partial charge >= 0.3 is 5.97 Å². The van der Waals surface area contributed by atoms with Gasteiger partial charge in [0.25, 0.3) is 5.89 Å². The first-order valence-corrected chi connectivity index (χ1v) is 9.32. The standard InChI is InChI=1S/C21H15FN2O3S/c1-13-3-2-4-15(11-13)20-24-23-19(27-20)12-26-21(25)18-10-9-17(28-18)14-5-7-16(22)8-6-14/h2-11H,12H2,1H3. The van der Waals surface area contributed by atoms with Gasteiger partial charge in [0.05, 0.1) is 0 Å². The van der Waals surface area contributed by atoms with E-state index in [1.165, 1.54) is 23.5 Å². The van der Waals surface area contributed by atoms with Crippen LogP contribution in [0, 0.1) is 12.7 Å². The molecule has 0 atom stereocenters. The topological polar surface area (TPSA) is 65.2 Å². The summed E-state index contributed by atoms with van der Waals surface area (Å²) in [5.41, 5.74) is 2.73. The molecule has 2 aromatic heterocycles. The van der Waals surface area contributed by atoms with Crippen LogP contribution in [0.3, 0.4) is 0 Å². The normalized spacial score (nSPS) is 10.8. The van der Waals surface area contributed by atoms with Crippen LogP contribution in [0.25, 0.3) is 21.9 Å². The van der Waals surface area contributed by atoms with Gasteiger partial charge in [0.1, 0.15) is 10.7 Å². The second-order valence-electron chi connectivity index (χ2n) is 6.12. The van der Waals surface area contributed by atoms with Crippen LogP contribution in [0.15, 0.2) is 65.1 Å². The SMILES string of the molecule is Cc1cccc(-c2nnc(COC(=O)c3ccc(-c4ccc(F)cc4)s3)o2)c1. The van der Waals surface area contributed by atoms with Crippen LogP contribution >= 0.6 is 11.3 Å². The molecule has 0 saturated heterocycles. The molecule has 0 radical (unpaired) electrons. The summed E-state index contributed by atoms with van der Waals surface area (Å²) in [6.45, 7) is 1.87. The largest absolute Gasteiger partial charge is 0.451 e. The van der Waals surface area contributed by atoms with E-state index in [-0.39, 0.29) is 18.3 Å². The van der Waals surface area contributed by atoms with Gasteiger partial charge in [-0.25, -0.2) is 9.18 Å². The molecule has 0 N–H and O–H groups in total. The number of rotatable bonds is 5. The Hall–Kier alpha value is -3.32. The fraction of sp³-hybridized carbons (Fsp3) is 0.0952. The molecule has 7 heteroatoms. The van der Waals surface area contributed by atoms with Crippen LogP contribution in [-0.4, -0.2) is 16.2 Å². The van der Waals surface area contributed by atoms with Gasteiger partial charge in [-0.1, -0.05) is 29.8 Å². The second kappa shape index (κ2) is 7.74. The van der Waals surface area contributed by atoms with E-state index in [1.807, 2.05) is 31.2 Å². The summed E-state index contributed by atoms with van der Waals surface area (Å²) in [6.07, 6.45) is 0. The van der Waals surface area contributed by atoms with E-state index in [9.17, 15) is 9.18 Å². The van der Waals surface area contributed by atoms with Crippen LogP contribution in [0.2, 0.25) is 0 Å². The zero-order valence-electron chi connectivity index (χ0n) is 14.9. The van der Waals surface area contributed by atoms with E-state index in [0.717, 1.165) is 21.6 Å². The lowest BCUT2D eigenvalue weighted by molar-refractivity contribution is 0.0444. The summed E-state index contributed by atoms with van der Waals surface area (Å²) in [5.74, 6) is -0.178. The number of ether oxygens (including phenoxy) is 1. The van der Waals surface area contributed by atoms with Gasteiger partial charge in [-0.15, -0.1) is 21.5 Å². The molecule has 0 bridgehead atoms. The third-order valence-corrected chi connectivity index (χ3v) is 5.11. The van der Waals surface area contributed by atoms with Crippen molar-refractivity contribution >= 4 is 17.3 Å². The van der Waals surface area contributed by atoms with Crippen molar-refractivity contribution in [1.82, 2.24) is 10.2 Å². The molecule has 2 heterocycles. The lowest BCUT2D eigenvalue weighted by Crippen LogP contribution is -2.03. The molecule has 0 fully saturated rings. The van der Waals surface area contributed by atoms with Crippen molar-refractivity contribution in [2.24, 2.45) is 0 Å². The number of hydrogen-bond donors (Lipinski definition) is 0. The van der Waals surface area contributed by atoms with Crippen LogP contribution in [0.4, 0.5) is 4.39 Å². The van der Waals surface area contributed by atoms with Crippen LogP contribution in [-0.2, 0) is 11.3 Å². The minimum atomic E-state index is -0.478. The smallest absolute Gasteiger partial charge is 0.348 e. The molecule has 4 rings (SSSR count). The number of aryl methyl sites for hydroxylation is 1. The molecular weight excluding hydrogens is 379 g/mol. The molecule has 0 spiro atoms. The number of esters is 1. The Morgan fingerprint density at radius 3 is 2.68 bits per heavy atom. The Kier molecular flexibility index (Phi) is 4.99. The van der Waals surface area contributed by atoms with E-state index in [1.54, 1.807) is 24.3 Å². The maximum atomic E-state index is 13.0. The van der Waals surface area contributed by atoms with Gasteiger partial charge in [0.2, 0.25) is 5.89 Å². The molecule has 0 aliphatic rings. The van der Waals surface area contributed by atoms with E-state index in [4.69, 9.17) is 9.15 Å². The first kappa shape index (κ1) is 18.1. The molecule has 4 aromatic rings. The zero-order valence-corrected chi connectivity index (χ0v) is 15.7. The molecule has 140 valence electrons. The minimum absolute atomic E-state index is 0.110. The van der Waals surface area contributed by atoms with Crippen molar-refractivity contribution in [2.75, 3.05) is 0 Å². The van der Waals surface area contributed by atoms with Crippen molar-refractivity contribution in [1.29, 1.82) is 0 Å². The fourth-order valence-corrected chi connectivity index (χ4v) is 3.53. The molecular formula is C21H15FN2O3S. The third kappa shape index (κ3) is 3.99. The summed E-state index contributed by atoms with van der Waals surface area (Å²) in [7, 11) is 0. The second-order valence-corrected chi connectivity index (χ2v) is 7.20. The Labute approximate surface area is 164 Å². The lowest BCUT2D eigenvalue weighted by Gasteiger charge is -2.00. The van der Waals surface area contributed by atoms with E-state index in [2.05, 4.69) is 10.2 Å². The van der Waals surface area contributed by atoms with Crippen molar-refractivity contribution in [3.63, 3.8) is 0 Å². The number of hydrogen-bond acceptors (Lipinski definition) is 6. The van der Waals surface area contributed by atoms with Crippen LogP contribution in [0.1, 0.15) is 21.1 Å². The summed E-state index contributed by atoms with van der Waals surface area (Å²) < 4.78 is 23.9. The Bertz CT molecular complexity index is 1120. The van der Waals surface area contributed by atoms with Crippen molar-refractivity contribution in [3.05, 3.63) is 82.8 Å². The first-order valence-electron chi connectivity index (χ1n) is 8.51. The summed E-state index contributed by atoms with van der Waals surface area (Å²) in [4.78, 5) is 13.6. The summed E-state index contributed by atoms with van der Waals surface area (Å²) in [5, 5.41) is 7.92. The maximum Gasteiger partial charge on any atom is 0.348 e. The highest BCUT2D eigenvalue weighted by molar-refractivity contribution is 7.17. The van der Waals surface area contributed by atoms with E-state index >= 15 is 0 Å². The molecule has 2 aromatic carbocycles. The number of carbonyl (C=O) groups is 1. The first-order chi connectivity index (χ1) is 13.6. The quantitative estimate of drug-likeness (QED) is 0.432. The van der Waals surface area contributed by atoms with Gasteiger partial charge in [-0.3, -0.25) is 0 Å². The molecule has 28 heavy (non-hydrogen) atoms. The van der Waals surface area contributed by atoms with Crippen molar-refractivity contribution < 1.29 is 18.3 Å². The highest BCUT2D eigenvalue weighted by Crippen LogP contribution is 2.29. The van der Waals surface area contributed by atoms with Gasteiger partial charge < -0.3 is 9.15 Å². The molecule has 0 unspecified atom stereocenters. The summed E-state index contributed by atoms with van der Waals surface area (Å²) >= 11 is 1.28. The highest BCUT2D eigenvalue weighted by atomic mass is 32.1. The average Bonchev–Trinajstić information content (AvgIpc) is 3.37. The fourth-order valence-electron chi connectivity index (χ4n) is 2.62. The number of aromatic nitrogens is 2. The predicted molar refractivity (Wildman–Crippen MR) is 103 cm³/mol. The lowest BCUT2D eigenvalue weighted by atomic mass is 10.1. The molecule has 0 saturated carbocycles. The monoisotopic (exact) mass is 394 g/mol. The molecule has 0 amide bonds. The number of halogens is 1. The van der Waals surface area contributed by atoms with Crippen molar-refractivity contribution in [2.45, 2.75) is 13.5 Å². The molecule has 0 aliphatic carbocycles. The van der Waals surface area contributed by atoms with Crippen molar-refractivity contribution in [3.8, 4) is 21.9 Å². The van der Waals surface area contributed by atoms with Gasteiger partial charge in [-0.05, 0) is 48.9 Å². The highest BCUT2D eigenvalue weighted by Gasteiger charge is 2.15. The predicted octanol–water partition coefficient (Wildman–Crippen LogP) is 5.27. The van der Waals surface area contributed by atoms with Crippen LogP contribution < -0.4 is 0 Å². The number of carbonyl (C=O) groups excluding carboxylic acids is 1. The Balaban J connectivity index is 1.40. The van der Waals surface area contributed by atoms with Gasteiger partial charge in [-0.2, -0.15) is 0 Å². The maximum absolute atomic E-state index is 13.0. The Morgan fingerprint density at radius 2 is 1.89 bits per heavy atom. The van der Waals surface area contributed by atoms with Gasteiger partial charge in [0, 0.05) is 10.4 Å². The summed E-state index contributed by atoms with van der Waals surface area (Å²) in [6, 6.07) is 17.3. The Morgan fingerprint density at radius 1 is 1.07 bits per heavy atom. The number of thiophene rings is 1. The van der Waals surface area contributed by atoms with Gasteiger partial charge in [0.15, 0.2) is 6.61 Å². The third-order valence-electron chi connectivity index (χ3n) is 3.99. The molecule has 0 aliphatic heterocycles.